The van der Waals surface area contributed by atoms with Gasteiger partial charge in [-0.1, -0.05) is 13.8 Å². The van der Waals surface area contributed by atoms with Gasteiger partial charge in [0.25, 0.3) is 0 Å². The fourth-order valence-corrected chi connectivity index (χ4v) is 9.80. The molecule has 6 aliphatic rings. The SMILES string of the molecule is CC1O[C@@H](O[C@H]2CC[C@]3(C)C4CC[C@]5(C)[C@@H](C6=CC(=O)OC6)CC[C@]5(O)C4CC[C@]3(O)C2)C(O)C(O)[C@H]1O. The minimum absolute atomic E-state index is 0.0774. The fraction of sp³-hybridized carbons (Fsp3) is 0.897. The van der Waals surface area contributed by atoms with Crippen LogP contribution >= 0.6 is 0 Å². The van der Waals surface area contributed by atoms with E-state index in [1.807, 2.05) is 0 Å². The predicted octanol–water partition coefficient (Wildman–Crippen LogP) is 1.57. The summed E-state index contributed by atoms with van der Waals surface area (Å²) in [6.07, 6.45) is 2.01. The van der Waals surface area contributed by atoms with Gasteiger partial charge in [-0.2, -0.15) is 0 Å². The Kier molecular flexibility index (Phi) is 6.40. The van der Waals surface area contributed by atoms with Crippen molar-refractivity contribution in [3.05, 3.63) is 11.6 Å². The number of esters is 1. The van der Waals surface area contributed by atoms with Crippen molar-refractivity contribution in [2.24, 2.45) is 28.6 Å². The largest absolute Gasteiger partial charge is 0.458 e. The molecule has 4 aliphatic carbocycles. The molecule has 4 saturated carbocycles. The van der Waals surface area contributed by atoms with Crippen LogP contribution < -0.4 is 0 Å². The summed E-state index contributed by atoms with van der Waals surface area (Å²) in [5.74, 6) is 0.0978. The molecule has 9 heteroatoms. The second kappa shape index (κ2) is 8.96. The van der Waals surface area contributed by atoms with Crippen LogP contribution in [-0.2, 0) is 19.0 Å². The van der Waals surface area contributed by atoms with Gasteiger partial charge < -0.3 is 39.7 Å². The summed E-state index contributed by atoms with van der Waals surface area (Å²) in [5.41, 5.74) is -1.51. The highest BCUT2D eigenvalue weighted by atomic mass is 16.7. The number of rotatable bonds is 3. The van der Waals surface area contributed by atoms with Gasteiger partial charge in [0, 0.05) is 17.9 Å². The number of carbonyl (C=O) groups excluding carboxylic acids is 1. The number of aliphatic hydroxyl groups excluding tert-OH is 3. The molecule has 214 valence electrons. The maximum Gasteiger partial charge on any atom is 0.331 e. The van der Waals surface area contributed by atoms with Crippen molar-refractivity contribution in [3.63, 3.8) is 0 Å². The first kappa shape index (κ1) is 27.1. The zero-order valence-electron chi connectivity index (χ0n) is 22.7. The molecule has 9 nitrogen and oxygen atoms in total. The summed E-state index contributed by atoms with van der Waals surface area (Å²) >= 11 is 0. The van der Waals surface area contributed by atoms with Crippen molar-refractivity contribution in [2.45, 2.75) is 127 Å². The van der Waals surface area contributed by atoms with Crippen molar-refractivity contribution in [1.82, 2.24) is 0 Å². The second-order valence-corrected chi connectivity index (χ2v) is 13.7. The predicted molar refractivity (Wildman–Crippen MR) is 134 cm³/mol. The highest BCUT2D eigenvalue weighted by Crippen LogP contribution is 2.70. The van der Waals surface area contributed by atoms with Crippen LogP contribution in [-0.4, -0.2) is 86.1 Å². The molecule has 0 spiro atoms. The topological polar surface area (TPSA) is 146 Å². The molecule has 5 fully saturated rings. The molecule has 5 N–H and O–H groups in total. The number of fused-ring (bicyclic) bond motifs is 5. The molecule has 6 rings (SSSR count). The molecule has 2 aliphatic heterocycles. The summed E-state index contributed by atoms with van der Waals surface area (Å²) in [6, 6.07) is 0. The molecule has 2 heterocycles. The van der Waals surface area contributed by atoms with E-state index in [1.54, 1.807) is 13.0 Å². The maximum absolute atomic E-state index is 12.4. The number of hydrogen-bond acceptors (Lipinski definition) is 9. The number of ether oxygens (including phenoxy) is 3. The zero-order valence-corrected chi connectivity index (χ0v) is 22.7. The van der Waals surface area contributed by atoms with Crippen LogP contribution in [0, 0.1) is 28.6 Å². The molecule has 5 unspecified atom stereocenters. The van der Waals surface area contributed by atoms with Gasteiger partial charge in [-0.3, -0.25) is 0 Å². The first-order valence-electron chi connectivity index (χ1n) is 14.5. The molecule has 0 bridgehead atoms. The van der Waals surface area contributed by atoms with Crippen LogP contribution in [0.2, 0.25) is 0 Å². The lowest BCUT2D eigenvalue weighted by atomic mass is 9.42. The third-order valence-electron chi connectivity index (χ3n) is 12.2. The monoisotopic (exact) mass is 536 g/mol. The fourth-order valence-electron chi connectivity index (χ4n) is 9.80. The zero-order chi connectivity index (χ0) is 27.3. The van der Waals surface area contributed by atoms with E-state index < -0.39 is 41.9 Å². The van der Waals surface area contributed by atoms with Gasteiger partial charge in [0.1, 0.15) is 24.9 Å². The summed E-state index contributed by atoms with van der Waals surface area (Å²) in [5, 5.41) is 55.1. The Balaban J connectivity index is 1.19. The van der Waals surface area contributed by atoms with Gasteiger partial charge >= 0.3 is 5.97 Å². The van der Waals surface area contributed by atoms with Crippen LogP contribution in [0.25, 0.3) is 0 Å². The Morgan fingerprint density at radius 1 is 0.895 bits per heavy atom. The molecular formula is C29H44O9. The Bertz CT molecular complexity index is 1000. The minimum Gasteiger partial charge on any atom is -0.458 e. The van der Waals surface area contributed by atoms with E-state index in [2.05, 4.69) is 13.8 Å². The quantitative estimate of drug-likeness (QED) is 0.268. The first-order valence-corrected chi connectivity index (χ1v) is 14.5. The van der Waals surface area contributed by atoms with Crippen molar-refractivity contribution >= 4 is 5.97 Å². The van der Waals surface area contributed by atoms with Crippen LogP contribution in [0.4, 0.5) is 0 Å². The van der Waals surface area contributed by atoms with Gasteiger partial charge in [-0.15, -0.1) is 0 Å². The molecule has 0 aromatic rings. The normalized spacial score (nSPS) is 56.5. The first-order chi connectivity index (χ1) is 17.8. The van der Waals surface area contributed by atoms with E-state index >= 15 is 0 Å². The third-order valence-corrected chi connectivity index (χ3v) is 12.2. The van der Waals surface area contributed by atoms with E-state index in [0.717, 1.165) is 37.7 Å². The van der Waals surface area contributed by atoms with Crippen molar-refractivity contribution in [2.75, 3.05) is 6.61 Å². The lowest BCUT2D eigenvalue weighted by Gasteiger charge is -2.66. The van der Waals surface area contributed by atoms with Crippen LogP contribution in [0.3, 0.4) is 0 Å². The number of carbonyl (C=O) groups is 1. The highest BCUT2D eigenvalue weighted by Gasteiger charge is 2.70. The summed E-state index contributed by atoms with van der Waals surface area (Å²) in [7, 11) is 0. The standard InChI is InChI=1S/C29H44O9/c1-15-22(31)23(32)24(33)25(37-15)38-17-4-8-26(2)19-5-9-27(3)18(16-12-21(30)36-14-16)7-11-29(27,35)20(19)6-10-28(26,34)13-17/h12,15,17-20,22-25,31-35H,4-11,13-14H2,1-3H3/t15?,17-,18+,19?,20?,22-,23?,24?,25-,26+,27+,28-,29-/m0/s1. The van der Waals surface area contributed by atoms with Crippen molar-refractivity contribution < 1.29 is 44.5 Å². The van der Waals surface area contributed by atoms with E-state index in [-0.39, 0.29) is 40.7 Å². The van der Waals surface area contributed by atoms with E-state index in [1.165, 1.54) is 0 Å². The molecule has 0 aromatic heterocycles. The Labute approximate surface area is 224 Å². The average Bonchev–Trinajstić information content (AvgIpc) is 3.41. The van der Waals surface area contributed by atoms with E-state index in [9.17, 15) is 30.3 Å². The van der Waals surface area contributed by atoms with Gasteiger partial charge in [-0.05, 0) is 87.0 Å². The van der Waals surface area contributed by atoms with Crippen molar-refractivity contribution in [1.29, 1.82) is 0 Å². The Morgan fingerprint density at radius 2 is 1.61 bits per heavy atom. The average molecular weight is 537 g/mol. The van der Waals surface area contributed by atoms with Crippen LogP contribution in [0.1, 0.15) is 78.6 Å². The Hall–Kier alpha value is -1.07. The molecule has 1 saturated heterocycles. The second-order valence-electron chi connectivity index (χ2n) is 13.7. The van der Waals surface area contributed by atoms with Crippen LogP contribution in [0.5, 0.6) is 0 Å². The van der Waals surface area contributed by atoms with Crippen molar-refractivity contribution in [3.8, 4) is 0 Å². The summed E-state index contributed by atoms with van der Waals surface area (Å²) in [4.78, 5) is 11.8. The smallest absolute Gasteiger partial charge is 0.331 e. The highest BCUT2D eigenvalue weighted by molar-refractivity contribution is 5.85. The Morgan fingerprint density at radius 3 is 2.32 bits per heavy atom. The summed E-state index contributed by atoms with van der Waals surface area (Å²) in [6.45, 7) is 6.33. The molecule has 13 atom stereocenters. The lowest BCUT2D eigenvalue weighted by molar-refractivity contribution is -0.319. The number of hydrogen-bond donors (Lipinski definition) is 5. The van der Waals surface area contributed by atoms with Gasteiger partial charge in [0.2, 0.25) is 0 Å². The minimum atomic E-state index is -1.36. The molecule has 0 radical (unpaired) electrons. The molecule has 38 heavy (non-hydrogen) atoms. The molecule has 0 aromatic carbocycles. The summed E-state index contributed by atoms with van der Waals surface area (Å²) < 4.78 is 17.0. The molecule has 0 amide bonds. The maximum atomic E-state index is 12.4. The number of cyclic esters (lactones) is 1. The van der Waals surface area contributed by atoms with Crippen LogP contribution in [0.15, 0.2) is 11.6 Å². The van der Waals surface area contributed by atoms with E-state index in [4.69, 9.17) is 14.2 Å². The van der Waals surface area contributed by atoms with E-state index in [0.29, 0.717) is 32.3 Å². The lowest BCUT2D eigenvalue weighted by Crippen LogP contribution is -2.67. The van der Waals surface area contributed by atoms with Gasteiger partial charge in [0.05, 0.1) is 23.4 Å². The molecular weight excluding hydrogens is 492 g/mol. The number of aliphatic hydroxyl groups is 5. The van der Waals surface area contributed by atoms with Gasteiger partial charge in [0.15, 0.2) is 6.29 Å². The van der Waals surface area contributed by atoms with Gasteiger partial charge in [-0.25, -0.2) is 4.79 Å². The third kappa shape index (κ3) is 3.65.